The lowest BCUT2D eigenvalue weighted by Gasteiger charge is -2.35. The molecule has 0 bridgehead atoms. The second kappa shape index (κ2) is 9.32. The van der Waals surface area contributed by atoms with Crippen molar-refractivity contribution in [1.29, 1.82) is 0 Å². The minimum Gasteiger partial charge on any atom is -0.322 e. The quantitative estimate of drug-likeness (QED) is 0.688. The first kappa shape index (κ1) is 21.6. The van der Waals surface area contributed by atoms with Gasteiger partial charge in [-0.1, -0.05) is 12.1 Å². The Bertz CT molecular complexity index is 887. The first-order valence-corrected chi connectivity index (χ1v) is 12.3. The summed E-state index contributed by atoms with van der Waals surface area (Å²) in [6.07, 6.45) is 7.26. The van der Waals surface area contributed by atoms with Crippen LogP contribution in [-0.2, 0) is 22.7 Å². The molecule has 2 N–H and O–H groups in total. The third kappa shape index (κ3) is 4.46. The van der Waals surface area contributed by atoms with Crippen molar-refractivity contribution in [2.45, 2.75) is 64.1 Å². The van der Waals surface area contributed by atoms with E-state index in [-0.39, 0.29) is 24.1 Å². The highest BCUT2D eigenvalue weighted by Gasteiger charge is 2.40. The number of fused-ring (bicyclic) bond motifs is 1. The number of amides is 3. The van der Waals surface area contributed by atoms with E-state index >= 15 is 0 Å². The first-order chi connectivity index (χ1) is 15.6. The Morgan fingerprint density at radius 3 is 2.44 bits per heavy atom. The van der Waals surface area contributed by atoms with E-state index in [4.69, 9.17) is 0 Å². The highest BCUT2D eigenvalue weighted by molar-refractivity contribution is 6.05. The fraction of sp³-hybridized carbons (Fsp3) is 0.640. The molecule has 0 aromatic heterocycles. The molecule has 7 nitrogen and oxygen atoms in total. The summed E-state index contributed by atoms with van der Waals surface area (Å²) in [5.74, 6) is 1.06. The zero-order chi connectivity index (χ0) is 22.1. The van der Waals surface area contributed by atoms with Gasteiger partial charge in [0.2, 0.25) is 11.8 Å². The van der Waals surface area contributed by atoms with Gasteiger partial charge in [0.05, 0.1) is 0 Å². The lowest BCUT2D eigenvalue weighted by atomic mass is 9.83. The number of carbonyl (C=O) groups excluding carboxylic acids is 3. The van der Waals surface area contributed by atoms with Gasteiger partial charge in [0.15, 0.2) is 0 Å². The van der Waals surface area contributed by atoms with Crippen LogP contribution in [-0.4, -0.2) is 59.7 Å². The van der Waals surface area contributed by atoms with E-state index in [0.717, 1.165) is 37.0 Å². The van der Waals surface area contributed by atoms with E-state index in [1.165, 1.54) is 50.8 Å². The zero-order valence-corrected chi connectivity index (χ0v) is 18.8. The number of rotatable bonds is 5. The molecule has 32 heavy (non-hydrogen) atoms. The number of hydrogen-bond acceptors (Lipinski definition) is 5. The van der Waals surface area contributed by atoms with E-state index in [2.05, 4.69) is 21.6 Å². The molecule has 4 aliphatic heterocycles. The molecule has 1 aromatic carbocycles. The molecular weight excluding hydrogens is 404 g/mol. The first-order valence-electron chi connectivity index (χ1n) is 12.3. The summed E-state index contributed by atoms with van der Waals surface area (Å²) < 4.78 is 0. The maximum atomic E-state index is 13.0. The number of piperidine rings is 3. The maximum absolute atomic E-state index is 13.0. The number of imide groups is 1. The van der Waals surface area contributed by atoms with Crippen LogP contribution in [0.25, 0.3) is 0 Å². The Balaban J connectivity index is 1.20. The van der Waals surface area contributed by atoms with Gasteiger partial charge >= 0.3 is 0 Å². The molecule has 0 saturated carbocycles. The average Bonchev–Trinajstić information content (AvgIpc) is 3.13. The number of hydrogen-bond donors (Lipinski definition) is 2. The van der Waals surface area contributed by atoms with E-state index < -0.39 is 6.04 Å². The third-order valence-corrected chi connectivity index (χ3v) is 7.91. The smallest absolute Gasteiger partial charge is 0.255 e. The highest BCUT2D eigenvalue weighted by atomic mass is 16.2. The molecule has 1 unspecified atom stereocenters. The van der Waals surface area contributed by atoms with Crippen LogP contribution in [0.1, 0.15) is 66.4 Å². The lowest BCUT2D eigenvalue weighted by molar-refractivity contribution is -0.136. The van der Waals surface area contributed by atoms with Crippen molar-refractivity contribution in [1.82, 2.24) is 20.4 Å². The summed E-state index contributed by atoms with van der Waals surface area (Å²) in [6, 6.07) is 5.41. The molecule has 4 heterocycles. The average molecular weight is 439 g/mol. The Hall–Kier alpha value is -2.25. The molecule has 172 valence electrons. The second-order valence-electron chi connectivity index (χ2n) is 9.99. The predicted octanol–water partition coefficient (Wildman–Crippen LogP) is 2.05. The van der Waals surface area contributed by atoms with Crippen molar-refractivity contribution in [3.05, 3.63) is 34.9 Å². The Kier molecular flexibility index (Phi) is 6.28. The van der Waals surface area contributed by atoms with E-state index in [9.17, 15) is 14.4 Å². The van der Waals surface area contributed by atoms with Crippen LogP contribution in [0.4, 0.5) is 0 Å². The minimum absolute atomic E-state index is 0.0861. The number of nitrogens with one attached hydrogen (secondary N) is 2. The number of likely N-dealkylation sites (tertiary alicyclic amines) is 1. The van der Waals surface area contributed by atoms with Crippen molar-refractivity contribution in [2.75, 3.05) is 26.2 Å². The van der Waals surface area contributed by atoms with Gasteiger partial charge in [-0.25, -0.2) is 0 Å². The van der Waals surface area contributed by atoms with Crippen molar-refractivity contribution in [3.63, 3.8) is 0 Å². The summed E-state index contributed by atoms with van der Waals surface area (Å²) in [6.45, 7) is 5.91. The van der Waals surface area contributed by atoms with Crippen LogP contribution in [0.5, 0.6) is 0 Å². The van der Waals surface area contributed by atoms with Gasteiger partial charge in [-0.2, -0.15) is 0 Å². The number of nitrogens with zero attached hydrogens (tertiary/aromatic N) is 2. The molecule has 3 amide bonds. The fourth-order valence-electron chi connectivity index (χ4n) is 6.01. The summed E-state index contributed by atoms with van der Waals surface area (Å²) in [5, 5.41) is 5.85. The van der Waals surface area contributed by atoms with Crippen molar-refractivity contribution < 1.29 is 14.4 Å². The van der Waals surface area contributed by atoms with Crippen molar-refractivity contribution in [2.24, 2.45) is 11.8 Å². The summed E-state index contributed by atoms with van der Waals surface area (Å²) in [4.78, 5) is 41.0. The van der Waals surface area contributed by atoms with Crippen LogP contribution in [0.3, 0.4) is 0 Å². The van der Waals surface area contributed by atoms with Gasteiger partial charge < -0.3 is 10.2 Å². The van der Waals surface area contributed by atoms with Crippen LogP contribution >= 0.6 is 0 Å². The van der Waals surface area contributed by atoms with Crippen LogP contribution in [0.15, 0.2) is 18.2 Å². The zero-order valence-electron chi connectivity index (χ0n) is 18.8. The van der Waals surface area contributed by atoms with Gasteiger partial charge in [0.1, 0.15) is 6.04 Å². The molecule has 0 radical (unpaired) electrons. The Morgan fingerprint density at radius 2 is 1.69 bits per heavy atom. The van der Waals surface area contributed by atoms with E-state index in [0.29, 0.717) is 18.5 Å². The molecule has 3 saturated heterocycles. The summed E-state index contributed by atoms with van der Waals surface area (Å²) in [7, 11) is 0. The Morgan fingerprint density at radius 1 is 0.938 bits per heavy atom. The Labute approximate surface area is 189 Å². The topological polar surface area (TPSA) is 81.8 Å². The molecule has 0 spiro atoms. The molecule has 1 aromatic rings. The van der Waals surface area contributed by atoms with Gasteiger partial charge in [0, 0.05) is 25.1 Å². The van der Waals surface area contributed by atoms with Crippen LogP contribution < -0.4 is 10.6 Å². The molecule has 5 rings (SSSR count). The van der Waals surface area contributed by atoms with E-state index in [1.54, 1.807) is 4.90 Å². The monoisotopic (exact) mass is 438 g/mol. The lowest BCUT2D eigenvalue weighted by Crippen LogP contribution is -2.52. The molecule has 4 aliphatic rings. The van der Waals surface area contributed by atoms with Crippen molar-refractivity contribution in [3.8, 4) is 0 Å². The molecule has 3 fully saturated rings. The molecule has 0 aliphatic carbocycles. The van der Waals surface area contributed by atoms with Gasteiger partial charge in [-0.05, 0) is 93.7 Å². The fourth-order valence-corrected chi connectivity index (χ4v) is 6.01. The molecular formula is C25H34N4O3. The normalized spacial score (nSPS) is 25.8. The maximum Gasteiger partial charge on any atom is 0.255 e. The van der Waals surface area contributed by atoms with Gasteiger partial charge in [-0.15, -0.1) is 0 Å². The van der Waals surface area contributed by atoms with Crippen LogP contribution in [0.2, 0.25) is 0 Å². The van der Waals surface area contributed by atoms with Gasteiger partial charge in [-0.3, -0.25) is 24.6 Å². The number of carbonyl (C=O) groups is 3. The second-order valence-corrected chi connectivity index (χ2v) is 9.99. The van der Waals surface area contributed by atoms with Crippen LogP contribution in [0, 0.1) is 11.8 Å². The predicted molar refractivity (Wildman–Crippen MR) is 121 cm³/mol. The highest BCUT2D eigenvalue weighted by Crippen LogP contribution is 2.32. The largest absolute Gasteiger partial charge is 0.322 e. The number of benzene rings is 1. The summed E-state index contributed by atoms with van der Waals surface area (Å²) >= 11 is 0. The van der Waals surface area contributed by atoms with E-state index in [1.807, 2.05) is 12.1 Å². The molecule has 7 heteroatoms. The SMILES string of the molecule is O=C1CCC(N2Cc3c(CN4CCC(CC5CCNCC5)CC4)cccc3C2=O)C(=O)N1. The summed E-state index contributed by atoms with van der Waals surface area (Å²) in [5.41, 5.74) is 2.97. The standard InChI is InChI=1S/C25H34N4O3/c30-23-5-4-22(24(31)27-23)29-16-21-19(2-1-3-20(21)25(29)32)15-28-12-8-18(9-13-28)14-17-6-10-26-11-7-17/h1-3,17-18,22,26H,4-16H2,(H,27,30,31). The van der Waals surface area contributed by atoms with Gasteiger partial charge in [0.25, 0.3) is 5.91 Å². The molecule has 1 atom stereocenters. The third-order valence-electron chi connectivity index (χ3n) is 7.91. The minimum atomic E-state index is -0.550. The van der Waals surface area contributed by atoms with Crippen molar-refractivity contribution >= 4 is 17.7 Å².